The van der Waals surface area contributed by atoms with Crippen LogP contribution in [0.15, 0.2) is 58.3 Å². The van der Waals surface area contributed by atoms with Crippen LogP contribution in [-0.2, 0) is 16.1 Å². The molecule has 7 heteroatoms. The number of aromatic nitrogens is 2. The quantitative estimate of drug-likeness (QED) is 0.161. The SMILES string of the molecule is C=CCn1c(SCC(=O)OC2CCC(C(C)(C)C)CC2)nc2scc(-c3ccccc3)c2c1=O. The van der Waals surface area contributed by atoms with Crippen LogP contribution in [0.3, 0.4) is 0 Å². The van der Waals surface area contributed by atoms with Gasteiger partial charge in [-0.3, -0.25) is 14.2 Å². The molecule has 34 heavy (non-hydrogen) atoms. The average Bonchev–Trinajstić information content (AvgIpc) is 3.24. The summed E-state index contributed by atoms with van der Waals surface area (Å²) in [7, 11) is 0. The Hall–Kier alpha value is -2.38. The highest BCUT2D eigenvalue weighted by Crippen LogP contribution is 2.38. The van der Waals surface area contributed by atoms with Crippen LogP contribution < -0.4 is 5.56 Å². The first-order chi connectivity index (χ1) is 16.3. The highest BCUT2D eigenvalue weighted by atomic mass is 32.2. The van der Waals surface area contributed by atoms with Crippen LogP contribution in [0.2, 0.25) is 0 Å². The van der Waals surface area contributed by atoms with Gasteiger partial charge in [0.25, 0.3) is 5.56 Å². The van der Waals surface area contributed by atoms with Crippen molar-refractivity contribution in [1.82, 2.24) is 9.55 Å². The van der Waals surface area contributed by atoms with E-state index in [1.54, 1.807) is 10.6 Å². The fraction of sp³-hybridized carbons (Fsp3) is 0.444. The largest absolute Gasteiger partial charge is 0.462 e. The molecule has 0 bridgehead atoms. The molecule has 0 radical (unpaired) electrons. The number of rotatable bonds is 7. The third kappa shape index (κ3) is 5.47. The summed E-state index contributed by atoms with van der Waals surface area (Å²) in [6.07, 6.45) is 5.69. The van der Waals surface area contributed by atoms with E-state index in [2.05, 4.69) is 27.4 Å². The highest BCUT2D eigenvalue weighted by Gasteiger charge is 2.31. The molecule has 2 aromatic heterocycles. The molecule has 1 fully saturated rings. The fourth-order valence-corrected chi connectivity index (χ4v) is 6.41. The molecule has 4 rings (SSSR count). The van der Waals surface area contributed by atoms with Gasteiger partial charge in [0.05, 0.1) is 11.1 Å². The first-order valence-electron chi connectivity index (χ1n) is 11.8. The molecule has 0 aliphatic heterocycles. The Kier molecular flexibility index (Phi) is 7.63. The number of benzene rings is 1. The van der Waals surface area contributed by atoms with Crippen LogP contribution in [0.5, 0.6) is 0 Å². The second kappa shape index (κ2) is 10.5. The van der Waals surface area contributed by atoms with Gasteiger partial charge in [0, 0.05) is 17.5 Å². The van der Waals surface area contributed by atoms with Gasteiger partial charge in [-0.25, -0.2) is 4.98 Å². The number of thiophene rings is 1. The minimum Gasteiger partial charge on any atom is -0.462 e. The lowest BCUT2D eigenvalue weighted by Gasteiger charge is -2.36. The van der Waals surface area contributed by atoms with E-state index in [1.807, 2.05) is 35.7 Å². The smallest absolute Gasteiger partial charge is 0.316 e. The summed E-state index contributed by atoms with van der Waals surface area (Å²) in [5.74, 6) is 0.554. The summed E-state index contributed by atoms with van der Waals surface area (Å²) in [4.78, 5) is 31.4. The first kappa shape index (κ1) is 24.7. The Bertz CT molecular complexity index is 1220. The van der Waals surface area contributed by atoms with Gasteiger partial charge in [0.1, 0.15) is 10.9 Å². The zero-order chi connectivity index (χ0) is 24.3. The molecule has 0 amide bonds. The number of hydrogen-bond acceptors (Lipinski definition) is 6. The van der Waals surface area contributed by atoms with Crippen molar-refractivity contribution < 1.29 is 9.53 Å². The average molecular weight is 497 g/mol. The van der Waals surface area contributed by atoms with Gasteiger partial charge in [0.2, 0.25) is 0 Å². The van der Waals surface area contributed by atoms with E-state index in [9.17, 15) is 9.59 Å². The van der Waals surface area contributed by atoms with E-state index in [0.717, 1.165) is 36.8 Å². The molecule has 180 valence electrons. The molecular formula is C27H32N2O3S2. The zero-order valence-corrected chi connectivity index (χ0v) is 21.7. The van der Waals surface area contributed by atoms with Crippen molar-refractivity contribution in [2.45, 2.75) is 64.3 Å². The maximum absolute atomic E-state index is 13.4. The lowest BCUT2D eigenvalue weighted by Crippen LogP contribution is -2.30. The Morgan fingerprint density at radius 2 is 1.94 bits per heavy atom. The Morgan fingerprint density at radius 1 is 1.24 bits per heavy atom. The third-order valence-corrected chi connectivity index (χ3v) is 8.39. The summed E-state index contributed by atoms with van der Waals surface area (Å²) in [5, 5.41) is 3.11. The number of carbonyl (C=O) groups excluding carboxylic acids is 1. The molecule has 0 N–H and O–H groups in total. The van der Waals surface area contributed by atoms with E-state index in [-0.39, 0.29) is 23.4 Å². The number of allylic oxidation sites excluding steroid dienone is 1. The van der Waals surface area contributed by atoms with Crippen LogP contribution in [0, 0.1) is 11.3 Å². The Balaban J connectivity index is 1.48. The molecule has 0 saturated heterocycles. The van der Waals surface area contributed by atoms with Crippen molar-refractivity contribution in [2.75, 3.05) is 5.75 Å². The minimum absolute atomic E-state index is 0.0109. The maximum Gasteiger partial charge on any atom is 0.316 e. The molecule has 2 heterocycles. The van der Waals surface area contributed by atoms with Crippen molar-refractivity contribution in [3.63, 3.8) is 0 Å². The van der Waals surface area contributed by atoms with E-state index in [0.29, 0.717) is 33.3 Å². The predicted octanol–water partition coefficient (Wildman–Crippen LogP) is 6.55. The predicted molar refractivity (Wildman–Crippen MR) is 142 cm³/mol. The highest BCUT2D eigenvalue weighted by molar-refractivity contribution is 7.99. The van der Waals surface area contributed by atoms with Gasteiger partial charge in [-0.05, 0) is 42.6 Å². The first-order valence-corrected chi connectivity index (χ1v) is 13.6. The minimum atomic E-state index is -0.250. The van der Waals surface area contributed by atoms with Crippen LogP contribution in [0.25, 0.3) is 21.3 Å². The zero-order valence-electron chi connectivity index (χ0n) is 20.1. The van der Waals surface area contributed by atoms with Crippen LogP contribution >= 0.6 is 23.1 Å². The van der Waals surface area contributed by atoms with Crippen molar-refractivity contribution >= 4 is 39.3 Å². The van der Waals surface area contributed by atoms with Crippen molar-refractivity contribution in [3.8, 4) is 11.1 Å². The van der Waals surface area contributed by atoms with Gasteiger partial charge < -0.3 is 4.74 Å². The lowest BCUT2D eigenvalue weighted by atomic mass is 9.72. The molecule has 1 aliphatic carbocycles. The van der Waals surface area contributed by atoms with Crippen molar-refractivity contribution in [2.24, 2.45) is 11.3 Å². The molecule has 1 saturated carbocycles. The third-order valence-electron chi connectivity index (χ3n) is 6.57. The van der Waals surface area contributed by atoms with Gasteiger partial charge in [-0.2, -0.15) is 0 Å². The lowest BCUT2D eigenvalue weighted by molar-refractivity contribution is -0.148. The van der Waals surface area contributed by atoms with Crippen molar-refractivity contribution in [3.05, 3.63) is 58.7 Å². The van der Waals surface area contributed by atoms with Gasteiger partial charge in [-0.1, -0.05) is 68.9 Å². The molecule has 5 nitrogen and oxygen atoms in total. The van der Waals surface area contributed by atoms with Crippen molar-refractivity contribution in [1.29, 1.82) is 0 Å². The van der Waals surface area contributed by atoms with Crippen LogP contribution in [0.4, 0.5) is 0 Å². The summed E-state index contributed by atoms with van der Waals surface area (Å²) in [5.41, 5.74) is 2.06. The number of thioether (sulfide) groups is 1. The molecule has 1 aromatic carbocycles. The normalized spacial score (nSPS) is 18.7. The topological polar surface area (TPSA) is 61.2 Å². The van der Waals surface area contributed by atoms with E-state index < -0.39 is 0 Å². The van der Waals surface area contributed by atoms with E-state index in [1.165, 1.54) is 23.1 Å². The summed E-state index contributed by atoms with van der Waals surface area (Å²) in [6.45, 7) is 11.0. The number of carbonyl (C=O) groups is 1. The standard InChI is InChI=1S/C27H32N2O3S2/c1-5-15-29-25(31)23-21(18-9-7-6-8-10-18)16-33-24(23)28-26(29)34-17-22(30)32-20-13-11-19(12-14-20)27(2,3)4/h5-10,16,19-20H,1,11-15,17H2,2-4H3. The molecular weight excluding hydrogens is 464 g/mol. The maximum atomic E-state index is 13.4. The van der Waals surface area contributed by atoms with Gasteiger partial charge in [0.15, 0.2) is 5.16 Å². The molecule has 0 unspecified atom stereocenters. The molecule has 1 aliphatic rings. The van der Waals surface area contributed by atoms with Gasteiger partial charge >= 0.3 is 5.97 Å². The number of ether oxygens (including phenoxy) is 1. The number of fused-ring (bicyclic) bond motifs is 1. The van der Waals surface area contributed by atoms with E-state index >= 15 is 0 Å². The molecule has 3 aromatic rings. The number of esters is 1. The summed E-state index contributed by atoms with van der Waals surface area (Å²) in [6, 6.07) is 9.86. The van der Waals surface area contributed by atoms with Crippen LogP contribution in [0.1, 0.15) is 46.5 Å². The summed E-state index contributed by atoms with van der Waals surface area (Å²) < 4.78 is 7.36. The Morgan fingerprint density at radius 3 is 2.59 bits per heavy atom. The fourth-order valence-electron chi connectivity index (χ4n) is 4.63. The molecule has 0 spiro atoms. The van der Waals surface area contributed by atoms with E-state index in [4.69, 9.17) is 9.72 Å². The Labute approximate surface area is 209 Å². The second-order valence-corrected chi connectivity index (χ2v) is 11.7. The second-order valence-electron chi connectivity index (χ2n) is 9.91. The number of hydrogen-bond donors (Lipinski definition) is 0. The monoisotopic (exact) mass is 496 g/mol. The van der Waals surface area contributed by atoms with Gasteiger partial charge in [-0.15, -0.1) is 17.9 Å². The summed E-state index contributed by atoms with van der Waals surface area (Å²) >= 11 is 2.71. The number of nitrogens with zero attached hydrogens (tertiary/aromatic N) is 2. The molecule has 0 atom stereocenters. The van der Waals surface area contributed by atoms with Crippen LogP contribution in [-0.4, -0.2) is 27.4 Å².